The van der Waals surface area contributed by atoms with Crippen LogP contribution in [0.3, 0.4) is 0 Å². The van der Waals surface area contributed by atoms with Gasteiger partial charge in [0.05, 0.1) is 13.7 Å². The lowest BCUT2D eigenvalue weighted by Gasteiger charge is -2.17. The van der Waals surface area contributed by atoms with Crippen molar-refractivity contribution in [2.75, 3.05) is 26.8 Å². The van der Waals surface area contributed by atoms with Gasteiger partial charge in [0.1, 0.15) is 12.3 Å². The number of fused-ring (bicyclic) bond motifs is 1. The molecule has 1 heterocycles. The molecule has 0 saturated heterocycles. The molecule has 0 bridgehead atoms. The molecule has 0 saturated carbocycles. The average molecular weight is 289 g/mol. The van der Waals surface area contributed by atoms with Crippen molar-refractivity contribution in [1.29, 1.82) is 0 Å². The SMILES string of the molecule is CCN(CC(=O)OC)C(=O)C=Cc1ccc2c(c1)CCO2. The van der Waals surface area contributed by atoms with Gasteiger partial charge in [0.25, 0.3) is 0 Å². The Morgan fingerprint density at radius 3 is 2.95 bits per heavy atom. The standard InChI is InChI=1S/C16H19NO4/c1-3-17(11-16(19)20-2)15(18)7-5-12-4-6-14-13(10-12)8-9-21-14/h4-7,10H,3,8-9,11H2,1-2H3. The van der Waals surface area contributed by atoms with E-state index >= 15 is 0 Å². The van der Waals surface area contributed by atoms with Gasteiger partial charge in [-0.1, -0.05) is 6.07 Å². The fraction of sp³-hybridized carbons (Fsp3) is 0.375. The Morgan fingerprint density at radius 1 is 1.43 bits per heavy atom. The second kappa shape index (κ2) is 6.92. The Bertz CT molecular complexity index is 565. The molecule has 0 aliphatic carbocycles. The highest BCUT2D eigenvalue weighted by molar-refractivity contribution is 5.93. The monoisotopic (exact) mass is 289 g/mol. The van der Waals surface area contributed by atoms with Gasteiger partial charge in [-0.25, -0.2) is 0 Å². The number of ether oxygens (including phenoxy) is 2. The summed E-state index contributed by atoms with van der Waals surface area (Å²) in [7, 11) is 1.31. The summed E-state index contributed by atoms with van der Waals surface area (Å²) in [5, 5.41) is 0. The number of benzene rings is 1. The van der Waals surface area contributed by atoms with Gasteiger partial charge in [-0.15, -0.1) is 0 Å². The van der Waals surface area contributed by atoms with Crippen LogP contribution < -0.4 is 4.74 Å². The van der Waals surface area contributed by atoms with Crippen LogP contribution in [0, 0.1) is 0 Å². The minimum absolute atomic E-state index is 0.0335. The summed E-state index contributed by atoms with van der Waals surface area (Å²) >= 11 is 0. The van der Waals surface area contributed by atoms with Gasteiger partial charge in [0.15, 0.2) is 0 Å². The van der Waals surface area contributed by atoms with Gasteiger partial charge in [0.2, 0.25) is 5.91 Å². The van der Waals surface area contributed by atoms with E-state index in [1.807, 2.05) is 25.1 Å². The minimum Gasteiger partial charge on any atom is -0.493 e. The highest BCUT2D eigenvalue weighted by atomic mass is 16.5. The molecule has 112 valence electrons. The number of hydrogen-bond donors (Lipinski definition) is 0. The third-order valence-corrected chi connectivity index (χ3v) is 3.37. The zero-order valence-corrected chi connectivity index (χ0v) is 12.3. The summed E-state index contributed by atoms with van der Waals surface area (Å²) in [6.45, 7) is 2.95. The van der Waals surface area contributed by atoms with E-state index in [-0.39, 0.29) is 12.5 Å². The average Bonchev–Trinajstić information content (AvgIpc) is 2.97. The summed E-state index contributed by atoms with van der Waals surface area (Å²) in [5.41, 5.74) is 2.10. The van der Waals surface area contributed by atoms with Crippen LogP contribution in [0.5, 0.6) is 5.75 Å². The lowest BCUT2D eigenvalue weighted by Crippen LogP contribution is -2.34. The van der Waals surface area contributed by atoms with E-state index in [1.54, 1.807) is 6.08 Å². The molecule has 0 unspecified atom stereocenters. The second-order valence-corrected chi connectivity index (χ2v) is 4.73. The zero-order chi connectivity index (χ0) is 15.2. The van der Waals surface area contributed by atoms with Crippen LogP contribution in [-0.2, 0) is 20.7 Å². The summed E-state index contributed by atoms with van der Waals surface area (Å²) in [5.74, 6) is 0.285. The third-order valence-electron chi connectivity index (χ3n) is 3.37. The van der Waals surface area contributed by atoms with Crippen molar-refractivity contribution in [2.45, 2.75) is 13.3 Å². The van der Waals surface area contributed by atoms with Gasteiger partial charge in [-0.3, -0.25) is 9.59 Å². The summed E-state index contributed by atoms with van der Waals surface area (Å²) in [6.07, 6.45) is 4.12. The second-order valence-electron chi connectivity index (χ2n) is 4.73. The fourth-order valence-electron chi connectivity index (χ4n) is 2.15. The van der Waals surface area contributed by atoms with Gasteiger partial charge >= 0.3 is 5.97 Å². The molecule has 1 amide bonds. The molecule has 1 aromatic rings. The maximum Gasteiger partial charge on any atom is 0.325 e. The molecule has 0 fully saturated rings. The molecule has 5 heteroatoms. The van der Waals surface area contributed by atoms with Crippen molar-refractivity contribution in [3.05, 3.63) is 35.4 Å². The van der Waals surface area contributed by atoms with Crippen molar-refractivity contribution in [2.24, 2.45) is 0 Å². The predicted molar refractivity (Wildman–Crippen MR) is 78.9 cm³/mol. The van der Waals surface area contributed by atoms with E-state index in [4.69, 9.17) is 4.74 Å². The zero-order valence-electron chi connectivity index (χ0n) is 12.3. The first-order chi connectivity index (χ1) is 10.1. The molecular weight excluding hydrogens is 270 g/mol. The van der Waals surface area contributed by atoms with Crippen LogP contribution in [-0.4, -0.2) is 43.6 Å². The van der Waals surface area contributed by atoms with Crippen molar-refractivity contribution < 1.29 is 19.1 Å². The predicted octanol–water partition coefficient (Wildman–Crippen LogP) is 1.66. The largest absolute Gasteiger partial charge is 0.493 e. The Hall–Kier alpha value is -2.30. The van der Waals surface area contributed by atoms with Crippen molar-refractivity contribution in [1.82, 2.24) is 4.90 Å². The first kappa shape index (κ1) is 15.1. The van der Waals surface area contributed by atoms with Crippen LogP contribution >= 0.6 is 0 Å². The van der Waals surface area contributed by atoms with Crippen LogP contribution in [0.15, 0.2) is 24.3 Å². The lowest BCUT2D eigenvalue weighted by molar-refractivity contribution is -0.145. The van der Waals surface area contributed by atoms with Gasteiger partial charge < -0.3 is 14.4 Å². The van der Waals surface area contributed by atoms with Gasteiger partial charge in [-0.2, -0.15) is 0 Å². The number of esters is 1. The molecule has 0 spiro atoms. The maximum absolute atomic E-state index is 12.0. The normalized spacial score (nSPS) is 12.9. The summed E-state index contributed by atoms with van der Waals surface area (Å²) in [6, 6.07) is 5.84. The Morgan fingerprint density at radius 2 is 2.24 bits per heavy atom. The van der Waals surface area contributed by atoms with E-state index in [0.717, 1.165) is 23.3 Å². The number of methoxy groups -OCH3 is 1. The topological polar surface area (TPSA) is 55.8 Å². The quantitative estimate of drug-likeness (QED) is 0.611. The van der Waals surface area contributed by atoms with Crippen molar-refractivity contribution >= 4 is 18.0 Å². The molecule has 21 heavy (non-hydrogen) atoms. The number of nitrogens with zero attached hydrogens (tertiary/aromatic N) is 1. The number of hydrogen-bond acceptors (Lipinski definition) is 4. The van der Waals surface area contributed by atoms with E-state index in [1.165, 1.54) is 18.1 Å². The lowest BCUT2D eigenvalue weighted by atomic mass is 10.1. The van der Waals surface area contributed by atoms with E-state index in [0.29, 0.717) is 13.2 Å². The first-order valence-corrected chi connectivity index (χ1v) is 6.93. The maximum atomic E-state index is 12.0. The van der Waals surface area contributed by atoms with E-state index < -0.39 is 5.97 Å². The molecule has 5 nitrogen and oxygen atoms in total. The van der Waals surface area contributed by atoms with Crippen LogP contribution in [0.1, 0.15) is 18.1 Å². The minimum atomic E-state index is -0.423. The number of rotatable bonds is 5. The highest BCUT2D eigenvalue weighted by Gasteiger charge is 2.14. The molecule has 0 radical (unpaired) electrons. The number of carbonyl (C=O) groups is 2. The van der Waals surface area contributed by atoms with Crippen LogP contribution in [0.25, 0.3) is 6.08 Å². The number of amides is 1. The van der Waals surface area contributed by atoms with Crippen LogP contribution in [0.4, 0.5) is 0 Å². The molecule has 0 atom stereocenters. The van der Waals surface area contributed by atoms with Crippen LogP contribution in [0.2, 0.25) is 0 Å². The highest BCUT2D eigenvalue weighted by Crippen LogP contribution is 2.26. The molecule has 1 aliphatic heterocycles. The molecule has 0 aromatic heterocycles. The van der Waals surface area contributed by atoms with Gasteiger partial charge in [-0.05, 0) is 36.3 Å². The molecule has 0 N–H and O–H groups in total. The Labute approximate surface area is 124 Å². The summed E-state index contributed by atoms with van der Waals surface area (Å²) < 4.78 is 10.0. The van der Waals surface area contributed by atoms with Crippen molar-refractivity contribution in [3.63, 3.8) is 0 Å². The smallest absolute Gasteiger partial charge is 0.325 e. The fourth-order valence-corrected chi connectivity index (χ4v) is 2.15. The molecule has 2 rings (SSSR count). The molecular formula is C16H19NO4. The molecule has 1 aliphatic rings. The van der Waals surface area contributed by atoms with E-state index in [9.17, 15) is 9.59 Å². The number of carbonyl (C=O) groups excluding carboxylic acids is 2. The Kier molecular flexibility index (Phi) is 4.98. The molecule has 1 aromatic carbocycles. The third kappa shape index (κ3) is 3.84. The number of likely N-dealkylation sites (N-methyl/N-ethyl adjacent to an activating group) is 1. The van der Waals surface area contributed by atoms with Crippen molar-refractivity contribution in [3.8, 4) is 5.75 Å². The van der Waals surface area contributed by atoms with E-state index in [2.05, 4.69) is 4.74 Å². The summed E-state index contributed by atoms with van der Waals surface area (Å²) in [4.78, 5) is 24.7. The Balaban J connectivity index is 2.02. The van der Waals surface area contributed by atoms with Gasteiger partial charge in [0, 0.05) is 19.0 Å². The first-order valence-electron chi connectivity index (χ1n) is 6.93.